The fourth-order valence-corrected chi connectivity index (χ4v) is 9.89. The molecular formula is C28H51NO3Si2. The van der Waals surface area contributed by atoms with Crippen LogP contribution in [0.1, 0.15) is 93.4 Å². The molecule has 2 aliphatic heterocycles. The van der Waals surface area contributed by atoms with Crippen molar-refractivity contribution in [2.24, 2.45) is 11.3 Å². The standard InChI is InChI=1S/C28H51NO3Si2/c1-24(2,3)33(8,9)31-22-19-21-20-26(7,32-34(10,11)25(4,5)6)16-17-27(21)14-12-18-29-23(30)13-15-28(22,27)29/h19,21H,12-18,20H2,1-11H3/t21-,26-,27+,28+/m1/s1. The van der Waals surface area contributed by atoms with E-state index in [0.717, 1.165) is 44.4 Å². The van der Waals surface area contributed by atoms with E-state index in [4.69, 9.17) is 8.85 Å². The maximum Gasteiger partial charge on any atom is 0.250 e. The average Bonchev–Trinajstić information content (AvgIpc) is 3.13. The Balaban J connectivity index is 1.74. The number of rotatable bonds is 4. The molecule has 0 aromatic rings. The summed E-state index contributed by atoms with van der Waals surface area (Å²) in [6.45, 7) is 26.7. The third kappa shape index (κ3) is 3.71. The number of piperidine rings is 1. The van der Waals surface area contributed by atoms with Gasteiger partial charge in [0.1, 0.15) is 11.3 Å². The Bertz CT molecular complexity index is 883. The highest BCUT2D eigenvalue weighted by atomic mass is 28.4. The summed E-state index contributed by atoms with van der Waals surface area (Å²) in [6.07, 6.45) is 9.70. The number of nitrogens with zero attached hydrogens (tertiary/aromatic N) is 1. The van der Waals surface area contributed by atoms with E-state index < -0.39 is 16.6 Å². The van der Waals surface area contributed by atoms with Crippen LogP contribution in [0.4, 0.5) is 0 Å². The Kier molecular flexibility index (Phi) is 6.00. The summed E-state index contributed by atoms with van der Waals surface area (Å²) in [4.78, 5) is 15.5. The van der Waals surface area contributed by atoms with Crippen LogP contribution in [0.5, 0.6) is 0 Å². The van der Waals surface area contributed by atoms with Gasteiger partial charge in [0.2, 0.25) is 14.2 Å². The van der Waals surface area contributed by atoms with Gasteiger partial charge < -0.3 is 13.8 Å². The molecule has 4 atom stereocenters. The Labute approximate surface area is 211 Å². The molecule has 2 spiro atoms. The number of hydrogen-bond acceptors (Lipinski definition) is 3. The lowest BCUT2D eigenvalue weighted by atomic mass is 9.53. The van der Waals surface area contributed by atoms with Crippen molar-refractivity contribution in [1.82, 2.24) is 4.90 Å². The molecule has 0 unspecified atom stereocenters. The zero-order chi connectivity index (χ0) is 25.6. The van der Waals surface area contributed by atoms with Gasteiger partial charge in [0.05, 0.1) is 5.60 Å². The first-order chi connectivity index (χ1) is 15.3. The fraction of sp³-hybridized carbons (Fsp3) is 0.893. The SMILES string of the molecule is CC(C)(C)[Si](C)(C)OC1=C[C@@H]2C[C@](C)(O[Si](C)(C)C(C)(C)C)CC[C@@]23CCCN2C(=O)CC[C@@]123. The van der Waals surface area contributed by atoms with E-state index in [2.05, 4.69) is 85.6 Å². The minimum Gasteiger partial charge on any atom is -0.545 e. The molecular weight excluding hydrogens is 454 g/mol. The molecule has 0 bridgehead atoms. The third-order valence-electron chi connectivity index (χ3n) is 11.0. The minimum atomic E-state index is -2.03. The van der Waals surface area contributed by atoms with Crippen LogP contribution in [0.15, 0.2) is 11.8 Å². The summed E-state index contributed by atoms with van der Waals surface area (Å²) < 4.78 is 14.3. The molecule has 4 aliphatic rings. The van der Waals surface area contributed by atoms with Crippen LogP contribution >= 0.6 is 0 Å². The van der Waals surface area contributed by atoms with Gasteiger partial charge in [0, 0.05) is 18.4 Å². The van der Waals surface area contributed by atoms with E-state index >= 15 is 0 Å². The van der Waals surface area contributed by atoms with E-state index in [1.165, 1.54) is 6.42 Å². The van der Waals surface area contributed by atoms with E-state index in [-0.39, 0.29) is 26.6 Å². The molecule has 34 heavy (non-hydrogen) atoms. The Hall–Kier alpha value is -0.596. The molecule has 1 amide bonds. The van der Waals surface area contributed by atoms with Gasteiger partial charge in [-0.15, -0.1) is 0 Å². The van der Waals surface area contributed by atoms with Crippen LogP contribution in [0.25, 0.3) is 0 Å². The molecule has 0 aromatic heterocycles. The van der Waals surface area contributed by atoms with Crippen molar-refractivity contribution in [3.05, 3.63) is 11.8 Å². The van der Waals surface area contributed by atoms with Gasteiger partial charge in [-0.1, -0.05) is 41.5 Å². The van der Waals surface area contributed by atoms with Crippen LogP contribution in [0, 0.1) is 11.3 Å². The molecule has 194 valence electrons. The second-order valence-corrected chi connectivity index (χ2v) is 24.6. The summed E-state index contributed by atoms with van der Waals surface area (Å²) in [5.74, 6) is 1.92. The maximum absolute atomic E-state index is 13.2. The van der Waals surface area contributed by atoms with Gasteiger partial charge in [-0.2, -0.15) is 0 Å². The molecule has 4 rings (SSSR count). The lowest BCUT2D eigenvalue weighted by molar-refractivity contribution is -0.147. The maximum atomic E-state index is 13.2. The van der Waals surface area contributed by atoms with Crippen LogP contribution in [0.3, 0.4) is 0 Å². The quantitative estimate of drug-likeness (QED) is 0.369. The van der Waals surface area contributed by atoms with E-state index in [1.54, 1.807) is 0 Å². The van der Waals surface area contributed by atoms with Crippen LogP contribution in [0.2, 0.25) is 36.3 Å². The predicted molar refractivity (Wildman–Crippen MR) is 146 cm³/mol. The molecule has 2 aliphatic carbocycles. The summed E-state index contributed by atoms with van der Waals surface area (Å²) >= 11 is 0. The number of carbonyl (C=O) groups is 1. The van der Waals surface area contributed by atoms with Crippen LogP contribution in [-0.2, 0) is 13.6 Å². The van der Waals surface area contributed by atoms with Gasteiger partial charge in [-0.3, -0.25) is 4.79 Å². The topological polar surface area (TPSA) is 38.8 Å². The van der Waals surface area contributed by atoms with Crippen molar-refractivity contribution in [2.45, 2.75) is 141 Å². The van der Waals surface area contributed by atoms with Crippen molar-refractivity contribution in [2.75, 3.05) is 6.54 Å². The van der Waals surface area contributed by atoms with Crippen LogP contribution in [-0.4, -0.2) is 45.1 Å². The lowest BCUT2D eigenvalue weighted by Gasteiger charge is -2.60. The van der Waals surface area contributed by atoms with Crippen molar-refractivity contribution >= 4 is 22.5 Å². The van der Waals surface area contributed by atoms with Gasteiger partial charge in [0.15, 0.2) is 8.32 Å². The first-order valence-corrected chi connectivity index (χ1v) is 19.5. The molecule has 4 nitrogen and oxygen atoms in total. The number of allylic oxidation sites excluding steroid dienone is 1. The second-order valence-electron chi connectivity index (χ2n) is 15.2. The van der Waals surface area contributed by atoms with E-state index in [9.17, 15) is 4.79 Å². The molecule has 2 saturated heterocycles. The van der Waals surface area contributed by atoms with E-state index in [0.29, 0.717) is 18.2 Å². The highest BCUT2D eigenvalue weighted by Crippen LogP contribution is 2.69. The summed E-state index contributed by atoms with van der Waals surface area (Å²) in [7, 11) is -3.91. The lowest BCUT2D eigenvalue weighted by Crippen LogP contribution is -2.65. The third-order valence-corrected chi connectivity index (χ3v) is 19.9. The summed E-state index contributed by atoms with van der Waals surface area (Å²) in [5.41, 5.74) is -0.208. The first kappa shape index (κ1) is 26.5. The molecule has 0 N–H and O–H groups in total. The molecule has 0 aromatic carbocycles. The van der Waals surface area contributed by atoms with Gasteiger partial charge in [-0.05, 0) is 93.7 Å². The summed E-state index contributed by atoms with van der Waals surface area (Å²) in [5, 5.41) is 0.335. The summed E-state index contributed by atoms with van der Waals surface area (Å²) in [6, 6.07) is 0. The first-order valence-electron chi connectivity index (χ1n) is 13.7. The van der Waals surface area contributed by atoms with Crippen molar-refractivity contribution in [3.8, 4) is 0 Å². The number of amides is 1. The Morgan fingerprint density at radius 2 is 1.56 bits per heavy atom. The minimum absolute atomic E-state index is 0.103. The van der Waals surface area contributed by atoms with Gasteiger partial charge in [0.25, 0.3) is 0 Å². The number of carbonyl (C=O) groups excluding carboxylic acids is 1. The molecule has 2 heterocycles. The van der Waals surface area contributed by atoms with Crippen molar-refractivity contribution in [3.63, 3.8) is 0 Å². The van der Waals surface area contributed by atoms with Crippen molar-refractivity contribution < 1.29 is 13.6 Å². The number of hydrogen-bond donors (Lipinski definition) is 0. The van der Waals surface area contributed by atoms with Crippen molar-refractivity contribution in [1.29, 1.82) is 0 Å². The van der Waals surface area contributed by atoms with Gasteiger partial charge >= 0.3 is 0 Å². The molecule has 3 fully saturated rings. The zero-order valence-corrected chi connectivity index (χ0v) is 26.0. The molecule has 0 radical (unpaired) electrons. The fourth-order valence-electron chi connectivity index (χ4n) is 7.07. The molecule has 1 saturated carbocycles. The highest BCUT2D eigenvalue weighted by molar-refractivity contribution is 6.74. The Morgan fingerprint density at radius 1 is 0.941 bits per heavy atom. The largest absolute Gasteiger partial charge is 0.545 e. The zero-order valence-electron chi connectivity index (χ0n) is 24.0. The van der Waals surface area contributed by atoms with Crippen LogP contribution < -0.4 is 0 Å². The Morgan fingerprint density at radius 3 is 2.15 bits per heavy atom. The normalized spacial score (nSPS) is 36.7. The second kappa shape index (κ2) is 7.70. The van der Waals surface area contributed by atoms with Gasteiger partial charge in [-0.25, -0.2) is 0 Å². The molecule has 6 heteroatoms. The highest BCUT2D eigenvalue weighted by Gasteiger charge is 2.71. The smallest absolute Gasteiger partial charge is 0.250 e. The monoisotopic (exact) mass is 505 g/mol. The van der Waals surface area contributed by atoms with E-state index in [1.807, 2.05) is 0 Å². The average molecular weight is 506 g/mol. The predicted octanol–water partition coefficient (Wildman–Crippen LogP) is 7.63.